The van der Waals surface area contributed by atoms with Crippen LogP contribution in [0.15, 0.2) is 24.3 Å². The van der Waals surface area contributed by atoms with Gasteiger partial charge in [0.15, 0.2) is 0 Å². The first kappa shape index (κ1) is 25.2. The monoisotopic (exact) mass is 536 g/mol. The van der Waals surface area contributed by atoms with Crippen LogP contribution in [0.1, 0.15) is 39.5 Å². The summed E-state index contributed by atoms with van der Waals surface area (Å²) in [6.07, 6.45) is -1.61. The summed E-state index contributed by atoms with van der Waals surface area (Å²) in [5.41, 5.74) is 11.9. The van der Waals surface area contributed by atoms with Gasteiger partial charge in [0.05, 0.1) is 5.56 Å². The topological polar surface area (TPSA) is 165 Å². The lowest BCUT2D eigenvalue weighted by molar-refractivity contribution is -0.201. The number of hydrogen-bond donors (Lipinski definition) is 3. The summed E-state index contributed by atoms with van der Waals surface area (Å²) in [6, 6.07) is 2.67. The number of aromatic hydroxyl groups is 1. The number of thioether (sulfide) groups is 2. The number of fused-ring (bicyclic) bond motifs is 2. The molecule has 4 saturated heterocycles. The standard InChI is InChI=1S/C23H28N4O7S2/c1-22(2)13(26-15(29)11(24)17(26)35-22)19(31)33-21(9-7-5-6-8-10(9)28)34-20(32)14-23(3,4)36-18-12(25)16(30)27(14)18/h5-8,11-14,17-18,21,28H,24-25H2,1-4H3/t11?,12?,13-,14-,17+,18+,21?/m0/s1. The van der Waals surface area contributed by atoms with Crippen LogP contribution in [0.2, 0.25) is 0 Å². The van der Waals surface area contributed by atoms with Gasteiger partial charge in [0, 0.05) is 9.49 Å². The van der Waals surface area contributed by atoms with Crippen molar-refractivity contribution in [2.24, 2.45) is 11.5 Å². The van der Waals surface area contributed by atoms with Gasteiger partial charge in [-0.3, -0.25) is 9.59 Å². The van der Waals surface area contributed by atoms with E-state index >= 15 is 0 Å². The van der Waals surface area contributed by atoms with E-state index < -0.39 is 51.9 Å². The molecule has 1 aromatic rings. The highest BCUT2D eigenvalue weighted by Gasteiger charge is 2.65. The van der Waals surface area contributed by atoms with Gasteiger partial charge in [-0.15, -0.1) is 23.5 Å². The largest absolute Gasteiger partial charge is 0.507 e. The molecule has 1 aromatic carbocycles. The lowest BCUT2D eigenvalue weighted by Gasteiger charge is -2.42. The number of amides is 2. The van der Waals surface area contributed by atoms with Crippen molar-refractivity contribution < 1.29 is 33.8 Å². The van der Waals surface area contributed by atoms with E-state index in [1.807, 2.05) is 0 Å². The van der Waals surface area contributed by atoms with E-state index in [0.717, 1.165) is 0 Å². The number of esters is 2. The van der Waals surface area contributed by atoms with E-state index in [1.54, 1.807) is 39.8 Å². The summed E-state index contributed by atoms with van der Waals surface area (Å²) in [4.78, 5) is 54.5. The molecule has 0 bridgehead atoms. The van der Waals surface area contributed by atoms with Crippen LogP contribution >= 0.6 is 23.5 Å². The van der Waals surface area contributed by atoms with Crippen molar-refractivity contribution in [2.45, 2.75) is 78.4 Å². The maximum atomic E-state index is 13.4. The van der Waals surface area contributed by atoms with Crippen LogP contribution in [0.25, 0.3) is 0 Å². The predicted molar refractivity (Wildman–Crippen MR) is 131 cm³/mol. The Morgan fingerprint density at radius 3 is 1.72 bits per heavy atom. The van der Waals surface area contributed by atoms with Gasteiger partial charge < -0.3 is 35.8 Å². The lowest BCUT2D eigenvalue weighted by atomic mass is 9.96. The van der Waals surface area contributed by atoms with E-state index in [9.17, 15) is 24.3 Å². The number of phenols is 1. The van der Waals surface area contributed by atoms with Crippen molar-refractivity contribution in [1.82, 2.24) is 9.80 Å². The number of nitrogens with zero attached hydrogens (tertiary/aromatic N) is 2. The number of nitrogens with two attached hydrogens (primary N) is 2. The highest BCUT2D eigenvalue weighted by molar-refractivity contribution is 8.02. The molecule has 5 N–H and O–H groups in total. The Kier molecular flexibility index (Phi) is 5.78. The number of para-hydroxylation sites is 1. The maximum absolute atomic E-state index is 13.4. The van der Waals surface area contributed by atoms with Crippen LogP contribution < -0.4 is 11.5 Å². The molecule has 5 rings (SSSR count). The molecule has 0 radical (unpaired) electrons. The highest BCUT2D eigenvalue weighted by Crippen LogP contribution is 2.52. The molecule has 11 nitrogen and oxygen atoms in total. The third-order valence-corrected chi connectivity index (χ3v) is 10.2. The molecule has 0 spiro atoms. The molecule has 4 aliphatic rings. The van der Waals surface area contributed by atoms with Gasteiger partial charge in [0.1, 0.15) is 40.7 Å². The normalized spacial score (nSPS) is 34.3. The van der Waals surface area contributed by atoms with Crippen LogP contribution in [-0.2, 0) is 28.7 Å². The van der Waals surface area contributed by atoms with Crippen LogP contribution in [0.3, 0.4) is 0 Å². The fourth-order valence-corrected chi connectivity index (χ4v) is 8.35. The fourth-order valence-electron chi connectivity index (χ4n) is 5.22. The highest BCUT2D eigenvalue weighted by atomic mass is 32.2. The summed E-state index contributed by atoms with van der Waals surface area (Å²) in [5, 5.41) is 9.74. The smallest absolute Gasteiger partial charge is 0.333 e. The average Bonchev–Trinajstić information content (AvgIpc) is 3.23. The van der Waals surface area contributed by atoms with E-state index in [0.29, 0.717) is 0 Å². The van der Waals surface area contributed by atoms with Gasteiger partial charge in [-0.2, -0.15) is 0 Å². The molecule has 2 amide bonds. The number of rotatable bonds is 5. The molecule has 13 heteroatoms. The molecule has 0 aliphatic carbocycles. The lowest BCUT2D eigenvalue weighted by Crippen LogP contribution is -2.69. The molecular formula is C23H28N4O7S2. The molecule has 4 fully saturated rings. The number of β-lactam (4-membered cyclic amide) rings is 2. The second kappa shape index (κ2) is 8.27. The van der Waals surface area contributed by atoms with Gasteiger partial charge in [-0.05, 0) is 39.8 Å². The summed E-state index contributed by atoms with van der Waals surface area (Å²) in [6.45, 7) is 7.22. The first-order valence-corrected chi connectivity index (χ1v) is 13.2. The molecule has 4 aliphatic heterocycles. The van der Waals surface area contributed by atoms with Gasteiger partial charge in [-0.25, -0.2) is 9.59 Å². The summed E-state index contributed by atoms with van der Waals surface area (Å²) in [5.74, 6) is -2.56. The number of ether oxygens (including phenoxy) is 2. The maximum Gasteiger partial charge on any atom is 0.333 e. The van der Waals surface area contributed by atoms with Crippen molar-refractivity contribution in [2.75, 3.05) is 0 Å². The zero-order valence-electron chi connectivity index (χ0n) is 20.1. The number of carbonyl (C=O) groups is 4. The number of phenolic OH excluding ortho intramolecular Hbond substituents is 1. The Morgan fingerprint density at radius 2 is 1.31 bits per heavy atom. The zero-order valence-corrected chi connectivity index (χ0v) is 21.7. The fraction of sp³-hybridized carbons (Fsp3) is 0.565. The Bertz CT molecular complexity index is 1100. The molecule has 0 saturated carbocycles. The van der Waals surface area contributed by atoms with E-state index in [2.05, 4.69) is 0 Å². The molecule has 0 aromatic heterocycles. The van der Waals surface area contributed by atoms with Crippen LogP contribution in [0.4, 0.5) is 0 Å². The molecule has 194 valence electrons. The second-order valence-corrected chi connectivity index (χ2v) is 13.9. The number of hydrogen-bond acceptors (Lipinski definition) is 11. The Balaban J connectivity index is 1.41. The van der Waals surface area contributed by atoms with Gasteiger partial charge in [-0.1, -0.05) is 12.1 Å². The molecule has 4 heterocycles. The molecule has 6 atom stereocenters. The van der Waals surface area contributed by atoms with Gasteiger partial charge in [0.2, 0.25) is 11.8 Å². The molecule has 2 unspecified atom stereocenters. The summed E-state index contributed by atoms with van der Waals surface area (Å²) in [7, 11) is 0. The number of carbonyl (C=O) groups excluding carboxylic acids is 4. The van der Waals surface area contributed by atoms with Crippen LogP contribution in [0, 0.1) is 0 Å². The number of benzene rings is 1. The first-order valence-electron chi connectivity index (χ1n) is 11.5. The summed E-state index contributed by atoms with van der Waals surface area (Å²) < 4.78 is 9.93. The Morgan fingerprint density at radius 1 is 0.889 bits per heavy atom. The molecular weight excluding hydrogens is 508 g/mol. The van der Waals surface area contributed by atoms with E-state index in [4.69, 9.17) is 20.9 Å². The van der Waals surface area contributed by atoms with Crippen LogP contribution in [0.5, 0.6) is 5.75 Å². The predicted octanol–water partition coefficient (Wildman–Crippen LogP) is 0.256. The van der Waals surface area contributed by atoms with Crippen molar-refractivity contribution in [3.8, 4) is 5.75 Å². The van der Waals surface area contributed by atoms with Crippen molar-refractivity contribution in [3.05, 3.63) is 29.8 Å². The Labute approximate surface area is 216 Å². The minimum absolute atomic E-state index is 0.0532. The third-order valence-electron chi connectivity index (χ3n) is 7.05. The van der Waals surface area contributed by atoms with E-state index in [-0.39, 0.29) is 33.9 Å². The minimum Gasteiger partial charge on any atom is -0.507 e. The summed E-state index contributed by atoms with van der Waals surface area (Å²) >= 11 is 2.80. The van der Waals surface area contributed by atoms with E-state index in [1.165, 1.54) is 45.5 Å². The minimum atomic E-state index is -1.61. The van der Waals surface area contributed by atoms with Crippen molar-refractivity contribution in [1.29, 1.82) is 0 Å². The SMILES string of the molecule is CC1(C)S[C@@H]2C(N)C(=O)N2[C@H]1C(=O)OC(OC(=O)[C@@H]1N2C(=O)C(N)[C@H]2SC1(C)C)c1ccccc1O. The quantitative estimate of drug-likeness (QED) is 0.268. The molecule has 36 heavy (non-hydrogen) atoms. The van der Waals surface area contributed by atoms with Crippen molar-refractivity contribution in [3.63, 3.8) is 0 Å². The van der Waals surface area contributed by atoms with Crippen molar-refractivity contribution >= 4 is 47.3 Å². The van der Waals surface area contributed by atoms with Crippen LogP contribution in [-0.4, -0.2) is 83.1 Å². The van der Waals surface area contributed by atoms with Gasteiger partial charge in [0.25, 0.3) is 6.29 Å². The average molecular weight is 537 g/mol. The second-order valence-electron chi connectivity index (χ2n) is 10.3. The van der Waals surface area contributed by atoms with Gasteiger partial charge >= 0.3 is 11.9 Å². The zero-order chi connectivity index (χ0) is 26.3. The first-order chi connectivity index (χ1) is 16.8. The Hall–Kier alpha value is -2.48. The third kappa shape index (κ3) is 3.58.